The fraction of sp³-hybridized carbons (Fsp3) is 0.391. The van der Waals surface area contributed by atoms with Gasteiger partial charge in [-0.15, -0.1) is 0 Å². The van der Waals surface area contributed by atoms with Gasteiger partial charge in [-0.25, -0.2) is 0 Å². The van der Waals surface area contributed by atoms with Crippen molar-refractivity contribution in [1.82, 2.24) is 15.6 Å². The molecule has 1 aromatic carbocycles. The van der Waals surface area contributed by atoms with Crippen molar-refractivity contribution in [3.63, 3.8) is 0 Å². The molecule has 4 rings (SSSR count). The Morgan fingerprint density at radius 3 is 2.66 bits per heavy atom. The zero-order chi connectivity index (χ0) is 22.7. The first-order chi connectivity index (χ1) is 15.4. The average molecular weight is 438 g/mol. The van der Waals surface area contributed by atoms with Gasteiger partial charge in [0.05, 0.1) is 5.92 Å². The molecule has 1 fully saturated rings. The van der Waals surface area contributed by atoms with Crippen LogP contribution >= 0.6 is 0 Å². The van der Waals surface area contributed by atoms with Crippen LogP contribution in [0.25, 0.3) is 0 Å². The Balaban J connectivity index is 1.37. The van der Waals surface area contributed by atoms with Crippen molar-refractivity contribution in [2.24, 2.45) is 11.8 Å². The summed E-state index contributed by atoms with van der Waals surface area (Å²) in [4.78, 5) is 43.8. The molecule has 1 saturated heterocycles. The topological polar surface area (TPSA) is 110 Å². The Labute approximate surface area is 186 Å². The molecule has 0 aliphatic carbocycles. The Bertz CT molecular complexity index is 1010. The predicted molar refractivity (Wildman–Crippen MR) is 116 cm³/mol. The summed E-state index contributed by atoms with van der Waals surface area (Å²) in [5, 5.41) is 5.70. The Morgan fingerprint density at radius 2 is 1.91 bits per heavy atom. The van der Waals surface area contributed by atoms with Crippen molar-refractivity contribution < 1.29 is 23.9 Å². The molecule has 2 aliphatic rings. The zero-order valence-electron chi connectivity index (χ0n) is 18.0. The van der Waals surface area contributed by atoms with E-state index in [0.29, 0.717) is 23.7 Å². The number of nitrogens with one attached hydrogen (secondary N) is 2. The Morgan fingerprint density at radius 1 is 1.16 bits per heavy atom. The van der Waals surface area contributed by atoms with Crippen molar-refractivity contribution in [3.05, 3.63) is 48.3 Å². The number of amides is 3. The summed E-state index contributed by atoms with van der Waals surface area (Å²) in [7, 11) is 0. The number of fused-ring (bicyclic) bond motifs is 1. The summed E-state index contributed by atoms with van der Waals surface area (Å²) in [6.07, 6.45) is 3.40. The molecule has 2 aliphatic heterocycles. The van der Waals surface area contributed by atoms with Gasteiger partial charge in [-0.3, -0.25) is 19.4 Å². The van der Waals surface area contributed by atoms with E-state index < -0.39 is 12.0 Å². The second-order valence-electron chi connectivity index (χ2n) is 8.25. The molecule has 168 valence electrons. The van der Waals surface area contributed by atoms with Crippen LogP contribution < -0.4 is 25.0 Å². The lowest BCUT2D eigenvalue weighted by molar-refractivity contribution is -0.132. The van der Waals surface area contributed by atoms with Crippen LogP contribution in [-0.4, -0.2) is 42.1 Å². The van der Waals surface area contributed by atoms with E-state index in [4.69, 9.17) is 9.47 Å². The minimum atomic E-state index is -0.695. The maximum atomic E-state index is 12.9. The van der Waals surface area contributed by atoms with E-state index >= 15 is 0 Å². The molecule has 0 unspecified atom stereocenters. The third-order valence-corrected chi connectivity index (χ3v) is 5.63. The van der Waals surface area contributed by atoms with E-state index in [0.717, 1.165) is 5.56 Å². The highest BCUT2D eigenvalue weighted by Gasteiger charge is 2.37. The van der Waals surface area contributed by atoms with Crippen molar-refractivity contribution >= 4 is 23.4 Å². The summed E-state index contributed by atoms with van der Waals surface area (Å²) in [5.41, 5.74) is 1.58. The lowest BCUT2D eigenvalue weighted by Crippen LogP contribution is -2.51. The number of anilines is 1. The van der Waals surface area contributed by atoms with Crippen LogP contribution in [0.15, 0.2) is 42.7 Å². The van der Waals surface area contributed by atoms with Gasteiger partial charge in [0.15, 0.2) is 11.5 Å². The van der Waals surface area contributed by atoms with Gasteiger partial charge < -0.3 is 25.0 Å². The highest BCUT2D eigenvalue weighted by atomic mass is 16.7. The maximum Gasteiger partial charge on any atom is 0.243 e. The number of pyridine rings is 1. The van der Waals surface area contributed by atoms with Gasteiger partial charge in [0.25, 0.3) is 0 Å². The number of carbonyl (C=O) groups is 3. The van der Waals surface area contributed by atoms with Gasteiger partial charge in [-0.1, -0.05) is 13.8 Å². The lowest BCUT2D eigenvalue weighted by Gasteiger charge is -2.23. The summed E-state index contributed by atoms with van der Waals surface area (Å²) < 4.78 is 10.7. The third-order valence-electron chi connectivity index (χ3n) is 5.63. The highest BCUT2D eigenvalue weighted by Crippen LogP contribution is 2.37. The number of hydrogen-bond donors (Lipinski definition) is 2. The van der Waals surface area contributed by atoms with Gasteiger partial charge in [-0.05, 0) is 35.7 Å². The van der Waals surface area contributed by atoms with Crippen molar-refractivity contribution in [2.45, 2.75) is 32.9 Å². The molecule has 0 saturated carbocycles. The van der Waals surface area contributed by atoms with Gasteiger partial charge in [-0.2, -0.15) is 0 Å². The number of carbonyl (C=O) groups excluding carboxylic acids is 3. The van der Waals surface area contributed by atoms with Gasteiger partial charge >= 0.3 is 0 Å². The monoisotopic (exact) mass is 438 g/mol. The summed E-state index contributed by atoms with van der Waals surface area (Å²) in [6.45, 7) is 4.48. The van der Waals surface area contributed by atoms with E-state index in [1.165, 1.54) is 0 Å². The molecular formula is C23H26N4O5. The van der Waals surface area contributed by atoms with Crippen molar-refractivity contribution in [3.8, 4) is 11.5 Å². The second-order valence-corrected chi connectivity index (χ2v) is 8.25. The molecule has 0 spiro atoms. The molecule has 1 aromatic heterocycles. The predicted octanol–water partition coefficient (Wildman–Crippen LogP) is 1.62. The zero-order valence-corrected chi connectivity index (χ0v) is 18.0. The third kappa shape index (κ3) is 4.66. The number of ether oxygens (including phenoxy) is 2. The Hall–Kier alpha value is -3.62. The highest BCUT2D eigenvalue weighted by molar-refractivity contribution is 6.01. The molecule has 2 atom stereocenters. The van der Waals surface area contributed by atoms with Crippen LogP contribution in [0.1, 0.15) is 25.8 Å². The number of nitrogens with zero attached hydrogens (tertiary/aromatic N) is 2. The van der Waals surface area contributed by atoms with Gasteiger partial charge in [0, 0.05) is 43.7 Å². The molecule has 9 nitrogen and oxygen atoms in total. The van der Waals surface area contributed by atoms with E-state index in [-0.39, 0.29) is 43.4 Å². The van der Waals surface area contributed by atoms with Crippen LogP contribution in [0.4, 0.5) is 5.69 Å². The first-order valence-corrected chi connectivity index (χ1v) is 10.6. The van der Waals surface area contributed by atoms with Crippen molar-refractivity contribution in [1.29, 1.82) is 0 Å². The molecule has 2 N–H and O–H groups in total. The first-order valence-electron chi connectivity index (χ1n) is 10.6. The molecule has 0 bridgehead atoms. The van der Waals surface area contributed by atoms with E-state index in [9.17, 15) is 14.4 Å². The Kier molecular flexibility index (Phi) is 6.25. The maximum absolute atomic E-state index is 12.9. The van der Waals surface area contributed by atoms with E-state index in [2.05, 4.69) is 15.6 Å². The molecule has 9 heteroatoms. The summed E-state index contributed by atoms with van der Waals surface area (Å²) in [6, 6.07) is 8.20. The fourth-order valence-electron chi connectivity index (χ4n) is 3.79. The molecule has 3 amide bonds. The van der Waals surface area contributed by atoms with E-state index in [1.54, 1.807) is 35.5 Å². The van der Waals surface area contributed by atoms with Crippen LogP contribution in [0.3, 0.4) is 0 Å². The quantitative estimate of drug-likeness (QED) is 0.680. The fourth-order valence-corrected chi connectivity index (χ4v) is 3.79. The van der Waals surface area contributed by atoms with Crippen LogP contribution in [0, 0.1) is 11.8 Å². The minimum absolute atomic E-state index is 0.0870. The molecule has 0 radical (unpaired) electrons. The molecular weight excluding hydrogens is 412 g/mol. The van der Waals surface area contributed by atoms with Crippen molar-refractivity contribution in [2.75, 3.05) is 18.2 Å². The van der Waals surface area contributed by atoms with Crippen LogP contribution in [-0.2, 0) is 20.9 Å². The number of aromatic nitrogens is 1. The largest absolute Gasteiger partial charge is 0.454 e. The normalized spacial score (nSPS) is 18.0. The van der Waals surface area contributed by atoms with Crippen LogP contribution in [0.2, 0.25) is 0 Å². The standard InChI is InChI=1S/C23H26N4O5/c1-14(2)21(23(30)25-11-15-5-7-24-8-6-15)26-22(29)16-9-20(28)27(12-16)17-3-4-18-19(10-17)32-13-31-18/h3-8,10,14,16,21H,9,11-13H2,1-2H3,(H,25,30)(H,26,29)/t16-,21-/m0/s1. The minimum Gasteiger partial charge on any atom is -0.454 e. The molecule has 32 heavy (non-hydrogen) atoms. The number of hydrogen-bond acceptors (Lipinski definition) is 6. The number of benzene rings is 1. The first kappa shape index (κ1) is 21.6. The number of rotatable bonds is 7. The SMILES string of the molecule is CC(C)[C@H](NC(=O)[C@H]1CC(=O)N(c2ccc3c(c2)OCO3)C1)C(=O)NCc1ccncc1. The van der Waals surface area contributed by atoms with E-state index in [1.807, 2.05) is 26.0 Å². The molecule has 2 aromatic rings. The summed E-state index contributed by atoms with van der Waals surface area (Å²) in [5.74, 6) is -0.157. The van der Waals surface area contributed by atoms with Gasteiger partial charge in [0.2, 0.25) is 24.5 Å². The molecule has 3 heterocycles. The van der Waals surface area contributed by atoms with Crippen LogP contribution in [0.5, 0.6) is 11.5 Å². The summed E-state index contributed by atoms with van der Waals surface area (Å²) >= 11 is 0. The lowest BCUT2D eigenvalue weighted by atomic mass is 10.0. The van der Waals surface area contributed by atoms with Gasteiger partial charge in [0.1, 0.15) is 6.04 Å². The smallest absolute Gasteiger partial charge is 0.243 e. The average Bonchev–Trinajstić information content (AvgIpc) is 3.42. The second kappa shape index (κ2) is 9.25.